The second kappa shape index (κ2) is 5.21. The summed E-state index contributed by atoms with van der Waals surface area (Å²) in [6.07, 6.45) is -0.276. The lowest BCUT2D eigenvalue weighted by Crippen LogP contribution is -2.36. The minimum absolute atomic E-state index is 0.0325. The van der Waals surface area contributed by atoms with Crippen LogP contribution in [0.1, 0.15) is 32.3 Å². The summed E-state index contributed by atoms with van der Waals surface area (Å²) in [4.78, 5) is 13.7. The van der Waals surface area contributed by atoms with E-state index in [0.29, 0.717) is 13.1 Å². The molecule has 4 heteroatoms. The van der Waals surface area contributed by atoms with Crippen molar-refractivity contribution in [3.05, 3.63) is 35.9 Å². The number of carbonyl (C=O) groups excluding carboxylic acids is 1. The molecule has 19 heavy (non-hydrogen) atoms. The molecule has 1 aromatic carbocycles. The molecular formula is C15H22N2O2. The third kappa shape index (κ3) is 3.47. The molecule has 2 rings (SSSR count). The minimum atomic E-state index is -0.466. The summed E-state index contributed by atoms with van der Waals surface area (Å²) >= 11 is 0. The van der Waals surface area contributed by atoms with E-state index in [-0.39, 0.29) is 18.1 Å². The summed E-state index contributed by atoms with van der Waals surface area (Å²) in [5, 5.41) is 0. The van der Waals surface area contributed by atoms with Gasteiger partial charge in [0.05, 0.1) is 0 Å². The first-order valence-electron chi connectivity index (χ1n) is 6.65. The smallest absolute Gasteiger partial charge is 0.410 e. The largest absolute Gasteiger partial charge is 0.444 e. The van der Waals surface area contributed by atoms with Crippen molar-refractivity contribution >= 4 is 6.09 Å². The zero-order valence-corrected chi connectivity index (χ0v) is 11.8. The van der Waals surface area contributed by atoms with Gasteiger partial charge in [-0.25, -0.2) is 4.79 Å². The van der Waals surface area contributed by atoms with E-state index < -0.39 is 5.60 Å². The van der Waals surface area contributed by atoms with Crippen LogP contribution in [-0.4, -0.2) is 35.7 Å². The fraction of sp³-hybridized carbons (Fsp3) is 0.533. The first-order valence-corrected chi connectivity index (χ1v) is 6.65. The second-order valence-electron chi connectivity index (χ2n) is 6.07. The van der Waals surface area contributed by atoms with Crippen LogP contribution >= 0.6 is 0 Å². The Kier molecular flexibility index (Phi) is 3.80. The molecule has 0 aromatic heterocycles. The first kappa shape index (κ1) is 13.9. The highest BCUT2D eigenvalue weighted by molar-refractivity contribution is 5.69. The maximum atomic E-state index is 12.0. The number of benzene rings is 1. The molecule has 0 aliphatic carbocycles. The lowest BCUT2D eigenvalue weighted by atomic mass is 9.95. The number of hydrogen-bond donors (Lipinski definition) is 1. The maximum absolute atomic E-state index is 12.0. The van der Waals surface area contributed by atoms with E-state index in [1.807, 2.05) is 39.0 Å². The zero-order valence-electron chi connectivity index (χ0n) is 11.8. The van der Waals surface area contributed by atoms with Crippen molar-refractivity contribution in [2.45, 2.75) is 38.3 Å². The zero-order chi connectivity index (χ0) is 14.0. The number of rotatable bonds is 1. The van der Waals surface area contributed by atoms with Crippen LogP contribution in [-0.2, 0) is 4.74 Å². The molecule has 0 saturated carbocycles. The Morgan fingerprint density at radius 3 is 2.47 bits per heavy atom. The third-order valence-electron chi connectivity index (χ3n) is 3.24. The van der Waals surface area contributed by atoms with Crippen LogP contribution in [0.15, 0.2) is 30.3 Å². The van der Waals surface area contributed by atoms with Crippen molar-refractivity contribution in [2.24, 2.45) is 5.73 Å². The summed E-state index contributed by atoms with van der Waals surface area (Å²) in [6.45, 7) is 6.79. The van der Waals surface area contributed by atoms with Crippen molar-refractivity contribution in [3.8, 4) is 0 Å². The Hall–Kier alpha value is -1.55. The number of amides is 1. The van der Waals surface area contributed by atoms with Crippen molar-refractivity contribution in [1.82, 2.24) is 4.90 Å². The first-order chi connectivity index (χ1) is 8.87. The highest BCUT2D eigenvalue weighted by Gasteiger charge is 2.35. The Labute approximate surface area is 114 Å². The highest BCUT2D eigenvalue weighted by atomic mass is 16.6. The molecule has 0 unspecified atom stereocenters. The van der Waals surface area contributed by atoms with Crippen molar-refractivity contribution in [3.63, 3.8) is 0 Å². The van der Waals surface area contributed by atoms with E-state index in [1.165, 1.54) is 5.56 Å². The molecule has 1 aromatic rings. The summed E-state index contributed by atoms with van der Waals surface area (Å²) in [5.74, 6) is 0.189. The maximum Gasteiger partial charge on any atom is 0.410 e. The summed E-state index contributed by atoms with van der Waals surface area (Å²) in [7, 11) is 0. The van der Waals surface area contributed by atoms with Gasteiger partial charge in [0.1, 0.15) is 5.60 Å². The molecule has 2 N–H and O–H groups in total. The predicted molar refractivity (Wildman–Crippen MR) is 75.0 cm³/mol. The Bertz CT molecular complexity index is 439. The molecule has 1 amide bonds. The van der Waals surface area contributed by atoms with E-state index in [1.54, 1.807) is 4.90 Å². The van der Waals surface area contributed by atoms with Gasteiger partial charge in [0.15, 0.2) is 0 Å². The summed E-state index contributed by atoms with van der Waals surface area (Å²) in [5.41, 5.74) is 6.87. The SMILES string of the molecule is CC(C)(C)OC(=O)N1C[C@H](c2ccccc2)[C@@H](N)C1. The lowest BCUT2D eigenvalue weighted by molar-refractivity contribution is 0.0290. The fourth-order valence-electron chi connectivity index (χ4n) is 2.36. The van der Waals surface area contributed by atoms with Gasteiger partial charge in [0.2, 0.25) is 0 Å². The average Bonchev–Trinajstić information content (AvgIpc) is 2.70. The van der Waals surface area contributed by atoms with Crippen LogP contribution in [0.4, 0.5) is 4.79 Å². The lowest BCUT2D eigenvalue weighted by Gasteiger charge is -2.24. The van der Waals surface area contributed by atoms with Gasteiger partial charge in [-0.3, -0.25) is 0 Å². The number of carbonyl (C=O) groups is 1. The highest BCUT2D eigenvalue weighted by Crippen LogP contribution is 2.27. The average molecular weight is 262 g/mol. The van der Waals surface area contributed by atoms with Crippen LogP contribution < -0.4 is 5.73 Å². The number of hydrogen-bond acceptors (Lipinski definition) is 3. The number of nitrogens with two attached hydrogens (primary N) is 1. The molecular weight excluding hydrogens is 240 g/mol. The Balaban J connectivity index is 2.04. The van der Waals surface area contributed by atoms with Gasteiger partial charge in [-0.05, 0) is 26.3 Å². The molecule has 1 saturated heterocycles. The molecule has 2 atom stereocenters. The van der Waals surface area contributed by atoms with Crippen LogP contribution in [0.2, 0.25) is 0 Å². The number of likely N-dealkylation sites (tertiary alicyclic amines) is 1. The van der Waals surface area contributed by atoms with Gasteiger partial charge in [0, 0.05) is 25.0 Å². The molecule has 0 bridgehead atoms. The van der Waals surface area contributed by atoms with Gasteiger partial charge in [0.25, 0.3) is 0 Å². The quantitative estimate of drug-likeness (QED) is 0.845. The number of nitrogens with zero attached hydrogens (tertiary/aromatic N) is 1. The fourth-order valence-corrected chi connectivity index (χ4v) is 2.36. The van der Waals surface area contributed by atoms with Gasteiger partial charge in [-0.2, -0.15) is 0 Å². The molecule has 104 valence electrons. The van der Waals surface area contributed by atoms with E-state index in [0.717, 1.165) is 0 Å². The monoisotopic (exact) mass is 262 g/mol. The van der Waals surface area contributed by atoms with E-state index >= 15 is 0 Å². The molecule has 0 spiro atoms. The number of ether oxygens (including phenoxy) is 1. The second-order valence-corrected chi connectivity index (χ2v) is 6.07. The summed E-state index contributed by atoms with van der Waals surface area (Å²) in [6, 6.07) is 10.1. The minimum Gasteiger partial charge on any atom is -0.444 e. The van der Waals surface area contributed by atoms with Crippen LogP contribution in [0.25, 0.3) is 0 Å². The van der Waals surface area contributed by atoms with Gasteiger partial charge >= 0.3 is 6.09 Å². The van der Waals surface area contributed by atoms with Gasteiger partial charge in [-0.15, -0.1) is 0 Å². The molecule has 1 fully saturated rings. The third-order valence-corrected chi connectivity index (χ3v) is 3.24. The Morgan fingerprint density at radius 2 is 1.89 bits per heavy atom. The molecule has 1 aliphatic rings. The van der Waals surface area contributed by atoms with Gasteiger partial charge in [-0.1, -0.05) is 30.3 Å². The molecule has 1 aliphatic heterocycles. The van der Waals surface area contributed by atoms with Crippen molar-refractivity contribution < 1.29 is 9.53 Å². The van der Waals surface area contributed by atoms with E-state index in [4.69, 9.17) is 10.5 Å². The van der Waals surface area contributed by atoms with E-state index in [9.17, 15) is 4.79 Å². The molecule has 0 radical (unpaired) electrons. The van der Waals surface area contributed by atoms with Crippen molar-refractivity contribution in [2.75, 3.05) is 13.1 Å². The molecule has 4 nitrogen and oxygen atoms in total. The van der Waals surface area contributed by atoms with Crippen LogP contribution in [0.5, 0.6) is 0 Å². The Morgan fingerprint density at radius 1 is 1.26 bits per heavy atom. The van der Waals surface area contributed by atoms with Crippen LogP contribution in [0.3, 0.4) is 0 Å². The topological polar surface area (TPSA) is 55.6 Å². The molecule has 1 heterocycles. The van der Waals surface area contributed by atoms with E-state index in [2.05, 4.69) is 12.1 Å². The normalized spacial score (nSPS) is 23.5. The standard InChI is InChI=1S/C15H22N2O2/c1-15(2,3)19-14(18)17-9-12(13(16)10-17)11-7-5-4-6-8-11/h4-8,12-13H,9-10,16H2,1-3H3/t12-,13+/m1/s1. The summed E-state index contributed by atoms with van der Waals surface area (Å²) < 4.78 is 5.39. The van der Waals surface area contributed by atoms with Gasteiger partial charge < -0.3 is 15.4 Å². The predicted octanol–water partition coefficient (Wildman–Crippen LogP) is 2.35. The van der Waals surface area contributed by atoms with Crippen LogP contribution in [0, 0.1) is 0 Å². The van der Waals surface area contributed by atoms with Crippen molar-refractivity contribution in [1.29, 1.82) is 0 Å².